The van der Waals surface area contributed by atoms with Gasteiger partial charge in [-0.25, -0.2) is 4.98 Å². The second-order valence-electron chi connectivity index (χ2n) is 7.93. The normalized spacial score (nSPS) is 13.7. The maximum absolute atomic E-state index is 11.9. The van der Waals surface area contributed by atoms with Crippen molar-refractivity contribution in [2.24, 2.45) is 4.99 Å². The molecule has 2 aromatic carbocycles. The van der Waals surface area contributed by atoms with Gasteiger partial charge in [-0.2, -0.15) is 0 Å². The second kappa shape index (κ2) is 11.8. The van der Waals surface area contributed by atoms with Crippen LogP contribution < -0.4 is 15.5 Å². The Morgan fingerprint density at radius 1 is 1.12 bits per heavy atom. The van der Waals surface area contributed by atoms with Crippen molar-refractivity contribution in [3.05, 3.63) is 71.6 Å². The van der Waals surface area contributed by atoms with Gasteiger partial charge in [0.25, 0.3) is 0 Å². The first kappa shape index (κ1) is 24.8. The quantitative estimate of drug-likeness (QED) is 0.256. The van der Waals surface area contributed by atoms with E-state index in [4.69, 9.17) is 4.42 Å². The molecular formula is C25H30IN5O2. The molecule has 1 fully saturated rings. The summed E-state index contributed by atoms with van der Waals surface area (Å²) in [6, 6.07) is 16.2. The van der Waals surface area contributed by atoms with Crippen LogP contribution in [0.5, 0.6) is 0 Å². The minimum Gasteiger partial charge on any atom is -0.444 e. The number of halogens is 1. The summed E-state index contributed by atoms with van der Waals surface area (Å²) in [5, 5.41) is 6.63. The van der Waals surface area contributed by atoms with E-state index >= 15 is 0 Å². The van der Waals surface area contributed by atoms with Crippen LogP contribution in [0.1, 0.15) is 29.7 Å². The van der Waals surface area contributed by atoms with Crippen LogP contribution in [0.3, 0.4) is 0 Å². The van der Waals surface area contributed by atoms with E-state index in [1.54, 1.807) is 13.3 Å². The first-order chi connectivity index (χ1) is 15.6. The Bertz CT molecular complexity index is 1080. The number of amides is 1. The number of carbonyl (C=O) groups is 1. The monoisotopic (exact) mass is 559 g/mol. The lowest BCUT2D eigenvalue weighted by Crippen LogP contribution is -2.37. The average Bonchev–Trinajstić information content (AvgIpc) is 3.46. The molecule has 0 saturated carbocycles. The zero-order valence-electron chi connectivity index (χ0n) is 19.0. The van der Waals surface area contributed by atoms with Crippen molar-refractivity contribution in [2.45, 2.75) is 32.7 Å². The van der Waals surface area contributed by atoms with E-state index < -0.39 is 0 Å². The van der Waals surface area contributed by atoms with Crippen molar-refractivity contribution < 1.29 is 9.21 Å². The van der Waals surface area contributed by atoms with Crippen molar-refractivity contribution in [3.8, 4) is 11.5 Å². The van der Waals surface area contributed by atoms with E-state index in [2.05, 4.69) is 39.7 Å². The molecule has 0 radical (unpaired) electrons. The smallest absolute Gasteiger partial charge is 0.227 e. The highest BCUT2D eigenvalue weighted by atomic mass is 127. The molecule has 0 unspecified atom stereocenters. The van der Waals surface area contributed by atoms with Crippen LogP contribution in [0.15, 0.2) is 64.2 Å². The van der Waals surface area contributed by atoms with E-state index in [-0.39, 0.29) is 29.9 Å². The molecule has 1 aliphatic rings. The average molecular weight is 559 g/mol. The summed E-state index contributed by atoms with van der Waals surface area (Å²) in [6.45, 7) is 4.21. The Hall–Kier alpha value is -2.88. The number of hydrogen-bond donors (Lipinski definition) is 2. The fourth-order valence-corrected chi connectivity index (χ4v) is 3.68. The molecule has 0 aliphatic carbocycles. The lowest BCUT2D eigenvalue weighted by atomic mass is 10.1. The number of anilines is 1. The Morgan fingerprint density at radius 2 is 1.88 bits per heavy atom. The van der Waals surface area contributed by atoms with Crippen LogP contribution in [0.4, 0.5) is 5.69 Å². The van der Waals surface area contributed by atoms with Gasteiger partial charge in [-0.3, -0.25) is 9.79 Å². The van der Waals surface area contributed by atoms with Crippen LogP contribution in [0.2, 0.25) is 0 Å². The summed E-state index contributed by atoms with van der Waals surface area (Å²) in [7, 11) is 1.75. The molecule has 1 amide bonds. The van der Waals surface area contributed by atoms with E-state index in [0.29, 0.717) is 25.4 Å². The van der Waals surface area contributed by atoms with Crippen molar-refractivity contribution in [3.63, 3.8) is 0 Å². The molecule has 2 heterocycles. The van der Waals surface area contributed by atoms with E-state index in [9.17, 15) is 4.79 Å². The van der Waals surface area contributed by atoms with Gasteiger partial charge in [-0.1, -0.05) is 29.8 Å². The van der Waals surface area contributed by atoms with Crippen LogP contribution in [0, 0.1) is 6.92 Å². The standard InChI is InChI=1S/C25H29N5O2.HI/c1-18-5-9-20(10-6-18)24-29-21(17-32-24)13-14-27-25(26-2)28-16-19-7-11-22(12-8-19)30-15-3-4-23(30)31;/h5-12,17H,3-4,13-16H2,1-2H3,(H2,26,27,28);1H. The summed E-state index contributed by atoms with van der Waals surface area (Å²) in [6.07, 6.45) is 4.02. The molecule has 7 nitrogen and oxygen atoms in total. The van der Waals surface area contributed by atoms with E-state index in [1.807, 2.05) is 41.3 Å². The fourth-order valence-electron chi connectivity index (χ4n) is 3.68. The third kappa shape index (κ3) is 6.56. The van der Waals surface area contributed by atoms with Crippen molar-refractivity contribution >= 4 is 41.5 Å². The number of guanidine groups is 1. The predicted octanol–water partition coefficient (Wildman–Crippen LogP) is 4.30. The van der Waals surface area contributed by atoms with Gasteiger partial charge in [0.15, 0.2) is 5.96 Å². The first-order valence-corrected chi connectivity index (χ1v) is 11.0. The molecule has 3 aromatic rings. The highest BCUT2D eigenvalue weighted by Gasteiger charge is 2.21. The van der Waals surface area contributed by atoms with Crippen molar-refractivity contribution in [1.29, 1.82) is 0 Å². The van der Waals surface area contributed by atoms with E-state index in [1.165, 1.54) is 5.56 Å². The van der Waals surface area contributed by atoms with Crippen molar-refractivity contribution in [1.82, 2.24) is 15.6 Å². The van der Waals surface area contributed by atoms with Gasteiger partial charge in [0, 0.05) is 50.8 Å². The Balaban J connectivity index is 0.00000306. The molecule has 1 saturated heterocycles. The Labute approximate surface area is 211 Å². The minimum atomic E-state index is 0. The maximum atomic E-state index is 11.9. The Kier molecular flexibility index (Phi) is 8.87. The molecule has 1 aliphatic heterocycles. The zero-order chi connectivity index (χ0) is 22.3. The molecule has 8 heteroatoms. The molecule has 2 N–H and O–H groups in total. The largest absolute Gasteiger partial charge is 0.444 e. The van der Waals surface area contributed by atoms with Crippen molar-refractivity contribution in [2.75, 3.05) is 25.0 Å². The summed E-state index contributed by atoms with van der Waals surface area (Å²) in [5.74, 6) is 1.58. The number of hydrogen-bond acceptors (Lipinski definition) is 4. The minimum absolute atomic E-state index is 0. The number of aryl methyl sites for hydroxylation is 1. The predicted molar refractivity (Wildman–Crippen MR) is 142 cm³/mol. The van der Waals surface area contributed by atoms with Crippen LogP contribution in [-0.2, 0) is 17.8 Å². The second-order valence-corrected chi connectivity index (χ2v) is 7.93. The lowest BCUT2D eigenvalue weighted by Gasteiger charge is -2.16. The summed E-state index contributed by atoms with van der Waals surface area (Å²) in [4.78, 5) is 22.6. The zero-order valence-corrected chi connectivity index (χ0v) is 21.3. The number of benzene rings is 2. The molecule has 0 bridgehead atoms. The van der Waals surface area contributed by atoms with Gasteiger partial charge in [0.2, 0.25) is 11.8 Å². The highest BCUT2D eigenvalue weighted by molar-refractivity contribution is 14.0. The fraction of sp³-hybridized carbons (Fsp3) is 0.320. The summed E-state index contributed by atoms with van der Waals surface area (Å²) >= 11 is 0. The SMILES string of the molecule is CN=C(NCCc1coc(-c2ccc(C)cc2)n1)NCc1ccc(N2CCCC2=O)cc1.I. The third-order valence-electron chi connectivity index (χ3n) is 5.53. The maximum Gasteiger partial charge on any atom is 0.227 e. The molecule has 1 aromatic heterocycles. The highest BCUT2D eigenvalue weighted by Crippen LogP contribution is 2.21. The summed E-state index contributed by atoms with van der Waals surface area (Å²) in [5.41, 5.74) is 5.18. The van der Waals surface area contributed by atoms with E-state index in [0.717, 1.165) is 47.9 Å². The molecule has 0 atom stereocenters. The number of aliphatic imine (C=N–C) groups is 1. The Morgan fingerprint density at radius 3 is 2.55 bits per heavy atom. The van der Waals surface area contributed by atoms with Gasteiger partial charge in [0.1, 0.15) is 6.26 Å². The van der Waals surface area contributed by atoms with Crippen LogP contribution in [-0.4, -0.2) is 37.0 Å². The lowest BCUT2D eigenvalue weighted by molar-refractivity contribution is -0.117. The third-order valence-corrected chi connectivity index (χ3v) is 5.53. The van der Waals surface area contributed by atoms with Gasteiger partial charge >= 0.3 is 0 Å². The number of aromatic nitrogens is 1. The van der Waals surface area contributed by atoms with Crippen LogP contribution >= 0.6 is 24.0 Å². The van der Waals surface area contributed by atoms with Gasteiger partial charge in [-0.05, 0) is 43.2 Å². The molecule has 4 rings (SSSR count). The number of carbonyl (C=O) groups excluding carboxylic acids is 1. The van der Waals surface area contributed by atoms with Gasteiger partial charge in [-0.15, -0.1) is 24.0 Å². The summed E-state index contributed by atoms with van der Waals surface area (Å²) < 4.78 is 5.62. The molecule has 0 spiro atoms. The molecule has 174 valence electrons. The first-order valence-electron chi connectivity index (χ1n) is 11.0. The molecular weight excluding hydrogens is 529 g/mol. The number of nitrogens with zero attached hydrogens (tertiary/aromatic N) is 3. The number of nitrogens with one attached hydrogen (secondary N) is 2. The topological polar surface area (TPSA) is 82.8 Å². The number of oxazole rings is 1. The van der Waals surface area contributed by atoms with Crippen LogP contribution in [0.25, 0.3) is 11.5 Å². The van der Waals surface area contributed by atoms with Gasteiger partial charge < -0.3 is 20.0 Å². The number of rotatable bonds is 7. The molecule has 33 heavy (non-hydrogen) atoms. The van der Waals surface area contributed by atoms with Gasteiger partial charge in [0.05, 0.1) is 5.69 Å².